The normalized spacial score (nSPS) is 10.4. The van der Waals surface area contributed by atoms with Crippen LogP contribution in [-0.2, 0) is 0 Å². The van der Waals surface area contributed by atoms with Gasteiger partial charge < -0.3 is 5.73 Å². The Hall–Kier alpha value is -1.68. The van der Waals surface area contributed by atoms with E-state index in [1.807, 2.05) is 0 Å². The molecule has 0 fully saturated rings. The molecule has 0 aliphatic heterocycles. The summed E-state index contributed by atoms with van der Waals surface area (Å²) in [6.07, 6.45) is 0. The number of benzene rings is 1. The molecule has 0 radical (unpaired) electrons. The number of aromatic nitrogens is 2. The first-order chi connectivity index (χ1) is 7.54. The highest BCUT2D eigenvalue weighted by Crippen LogP contribution is 2.23. The predicted octanol–water partition coefficient (Wildman–Crippen LogP) is 2.83. The highest BCUT2D eigenvalue weighted by molar-refractivity contribution is 6.30. The lowest BCUT2D eigenvalue weighted by atomic mass is 10.1. The van der Waals surface area contributed by atoms with E-state index in [1.54, 1.807) is 19.1 Å². The van der Waals surface area contributed by atoms with Crippen LogP contribution in [0.5, 0.6) is 0 Å². The number of nitrogens with two attached hydrogens (primary N) is 1. The number of nitrogen functional groups attached to an aromatic ring is 1. The Balaban J connectivity index is 2.57. The summed E-state index contributed by atoms with van der Waals surface area (Å²) in [6.45, 7) is 1.79. The van der Waals surface area contributed by atoms with Gasteiger partial charge in [0.05, 0.1) is 5.69 Å². The predicted molar refractivity (Wildman–Crippen MR) is 61.6 cm³/mol. The van der Waals surface area contributed by atoms with Crippen molar-refractivity contribution in [3.8, 4) is 11.3 Å². The van der Waals surface area contributed by atoms with Gasteiger partial charge >= 0.3 is 0 Å². The molecule has 0 amide bonds. The molecule has 82 valence electrons. The Kier molecular flexibility index (Phi) is 2.75. The van der Waals surface area contributed by atoms with Crippen molar-refractivity contribution in [2.24, 2.45) is 0 Å². The fourth-order valence-corrected chi connectivity index (χ4v) is 1.66. The number of rotatable bonds is 1. The van der Waals surface area contributed by atoms with Crippen molar-refractivity contribution in [3.63, 3.8) is 0 Å². The van der Waals surface area contributed by atoms with Crippen molar-refractivity contribution in [2.75, 3.05) is 5.73 Å². The lowest BCUT2D eigenvalue weighted by Gasteiger charge is -2.04. The van der Waals surface area contributed by atoms with Gasteiger partial charge in [-0.05, 0) is 31.2 Å². The topological polar surface area (TPSA) is 51.8 Å². The Morgan fingerprint density at radius 1 is 1.19 bits per heavy atom. The summed E-state index contributed by atoms with van der Waals surface area (Å²) in [4.78, 5) is 7.97. The van der Waals surface area contributed by atoms with Crippen molar-refractivity contribution < 1.29 is 4.39 Å². The maximum absolute atomic E-state index is 13.2. The van der Waals surface area contributed by atoms with Gasteiger partial charge in [-0.2, -0.15) is 0 Å². The van der Waals surface area contributed by atoms with Crippen molar-refractivity contribution in [3.05, 3.63) is 40.8 Å². The van der Waals surface area contributed by atoms with Gasteiger partial charge in [0.1, 0.15) is 5.82 Å². The summed E-state index contributed by atoms with van der Waals surface area (Å²) < 4.78 is 13.2. The monoisotopic (exact) mass is 237 g/mol. The van der Waals surface area contributed by atoms with E-state index in [9.17, 15) is 4.39 Å². The summed E-state index contributed by atoms with van der Waals surface area (Å²) >= 11 is 5.76. The molecule has 0 saturated carbocycles. The molecule has 0 unspecified atom stereocenters. The van der Waals surface area contributed by atoms with Crippen LogP contribution in [0.25, 0.3) is 11.3 Å². The fraction of sp³-hybridized carbons (Fsp3) is 0.0909. The largest absolute Gasteiger partial charge is 0.368 e. The van der Waals surface area contributed by atoms with E-state index in [0.29, 0.717) is 16.3 Å². The second-order valence-electron chi connectivity index (χ2n) is 3.41. The zero-order chi connectivity index (χ0) is 11.7. The van der Waals surface area contributed by atoms with E-state index in [0.717, 1.165) is 5.69 Å². The van der Waals surface area contributed by atoms with Gasteiger partial charge in [-0.1, -0.05) is 11.6 Å². The highest BCUT2D eigenvalue weighted by atomic mass is 35.5. The number of aryl methyl sites for hydroxylation is 1. The van der Waals surface area contributed by atoms with Gasteiger partial charge in [0.25, 0.3) is 0 Å². The van der Waals surface area contributed by atoms with Gasteiger partial charge in [-0.25, -0.2) is 14.4 Å². The van der Waals surface area contributed by atoms with E-state index in [1.165, 1.54) is 12.1 Å². The zero-order valence-electron chi connectivity index (χ0n) is 8.54. The second kappa shape index (κ2) is 4.06. The molecule has 0 spiro atoms. The minimum atomic E-state index is -0.405. The Labute approximate surface area is 97.1 Å². The van der Waals surface area contributed by atoms with Gasteiger partial charge in [0, 0.05) is 16.3 Å². The molecule has 0 aliphatic rings. The molecule has 0 aliphatic carbocycles. The molecule has 2 rings (SSSR count). The molecule has 5 heteroatoms. The second-order valence-corrected chi connectivity index (χ2v) is 3.85. The first-order valence-electron chi connectivity index (χ1n) is 4.62. The Morgan fingerprint density at radius 3 is 2.56 bits per heavy atom. The Bertz CT molecular complexity index is 453. The molecule has 1 aromatic heterocycles. The van der Waals surface area contributed by atoms with E-state index in [4.69, 9.17) is 17.3 Å². The van der Waals surface area contributed by atoms with Crippen LogP contribution >= 0.6 is 11.6 Å². The van der Waals surface area contributed by atoms with Crippen LogP contribution in [0.15, 0.2) is 24.3 Å². The first kappa shape index (κ1) is 10.8. The molecule has 3 nitrogen and oxygen atoms in total. The van der Waals surface area contributed by atoms with E-state index in [-0.39, 0.29) is 5.95 Å². The van der Waals surface area contributed by atoms with Crippen molar-refractivity contribution >= 4 is 17.5 Å². The molecule has 1 aromatic carbocycles. The summed E-state index contributed by atoms with van der Waals surface area (Å²) in [5.74, 6) is -0.243. The molecule has 2 N–H and O–H groups in total. The average molecular weight is 238 g/mol. The van der Waals surface area contributed by atoms with Gasteiger partial charge in [0.15, 0.2) is 0 Å². The smallest absolute Gasteiger partial charge is 0.220 e. The summed E-state index contributed by atoms with van der Waals surface area (Å²) in [5.41, 5.74) is 7.40. The average Bonchev–Trinajstić information content (AvgIpc) is 2.14. The zero-order valence-corrected chi connectivity index (χ0v) is 9.29. The van der Waals surface area contributed by atoms with Crippen molar-refractivity contribution in [1.82, 2.24) is 9.97 Å². The summed E-state index contributed by atoms with van der Waals surface area (Å²) in [7, 11) is 0. The lowest BCUT2D eigenvalue weighted by Crippen LogP contribution is -1.98. The van der Waals surface area contributed by atoms with E-state index >= 15 is 0 Å². The van der Waals surface area contributed by atoms with Crippen LogP contribution in [0, 0.1) is 12.7 Å². The van der Waals surface area contributed by atoms with Crippen LogP contribution in [0.4, 0.5) is 10.3 Å². The number of anilines is 1. The van der Waals surface area contributed by atoms with Crippen molar-refractivity contribution in [1.29, 1.82) is 0 Å². The number of hydrogen-bond donors (Lipinski definition) is 1. The van der Waals surface area contributed by atoms with Crippen LogP contribution in [0.3, 0.4) is 0 Å². The third kappa shape index (κ3) is 2.28. The SMILES string of the molecule is Cc1cc(-c2cc(F)cc(Cl)c2)nc(N)n1. The Morgan fingerprint density at radius 2 is 1.94 bits per heavy atom. The van der Waals surface area contributed by atoms with Crippen LogP contribution in [0.2, 0.25) is 5.02 Å². The summed E-state index contributed by atoms with van der Waals surface area (Å²) in [5, 5.41) is 0.324. The fourth-order valence-electron chi connectivity index (χ4n) is 1.44. The van der Waals surface area contributed by atoms with Gasteiger partial charge in [-0.15, -0.1) is 0 Å². The third-order valence-electron chi connectivity index (χ3n) is 2.03. The van der Waals surface area contributed by atoms with E-state index < -0.39 is 5.82 Å². The number of hydrogen-bond acceptors (Lipinski definition) is 3. The van der Waals surface area contributed by atoms with Gasteiger partial charge in [0.2, 0.25) is 5.95 Å². The summed E-state index contributed by atoms with van der Waals surface area (Å²) in [6, 6.07) is 5.95. The first-order valence-corrected chi connectivity index (χ1v) is 5.00. The van der Waals surface area contributed by atoms with E-state index in [2.05, 4.69) is 9.97 Å². The molecule has 1 heterocycles. The van der Waals surface area contributed by atoms with Gasteiger partial charge in [-0.3, -0.25) is 0 Å². The molecular weight excluding hydrogens is 229 g/mol. The maximum Gasteiger partial charge on any atom is 0.220 e. The molecule has 2 aromatic rings. The number of nitrogens with zero attached hydrogens (tertiary/aromatic N) is 2. The minimum absolute atomic E-state index is 0.162. The third-order valence-corrected chi connectivity index (χ3v) is 2.25. The van der Waals surface area contributed by atoms with Crippen LogP contribution < -0.4 is 5.73 Å². The highest BCUT2D eigenvalue weighted by Gasteiger charge is 2.05. The molecular formula is C11H9ClFN3. The quantitative estimate of drug-likeness (QED) is 0.830. The minimum Gasteiger partial charge on any atom is -0.368 e. The standard InChI is InChI=1S/C11H9ClFN3/c1-6-2-10(16-11(14)15-6)7-3-8(12)5-9(13)4-7/h2-5H,1H3,(H2,14,15,16). The molecule has 0 saturated heterocycles. The number of halogens is 2. The molecule has 0 bridgehead atoms. The molecule has 16 heavy (non-hydrogen) atoms. The molecule has 0 atom stereocenters. The van der Waals surface area contributed by atoms with Crippen molar-refractivity contribution in [2.45, 2.75) is 6.92 Å². The maximum atomic E-state index is 13.2. The lowest BCUT2D eigenvalue weighted by molar-refractivity contribution is 0.628. The van der Waals surface area contributed by atoms with Crippen LogP contribution in [0.1, 0.15) is 5.69 Å². The van der Waals surface area contributed by atoms with Crippen LogP contribution in [-0.4, -0.2) is 9.97 Å².